The standard InChI is InChI=1S/C11H10F3N3O/c1-6(16)10(18)17-9-3-2-7(5-15)4-8(9)11(12,13)14/h2-4,6H,16H2,1H3,(H,17,18)/t6-/m1/s1. The molecule has 0 aliphatic carbocycles. The number of hydrogen-bond acceptors (Lipinski definition) is 3. The van der Waals surface area contributed by atoms with Crippen LogP contribution in [0.1, 0.15) is 18.1 Å². The summed E-state index contributed by atoms with van der Waals surface area (Å²) in [4.78, 5) is 11.3. The third kappa shape index (κ3) is 3.21. The van der Waals surface area contributed by atoms with Crippen LogP contribution in [0.25, 0.3) is 0 Å². The highest BCUT2D eigenvalue weighted by atomic mass is 19.4. The summed E-state index contributed by atoms with van der Waals surface area (Å²) in [5.41, 5.74) is 3.63. The van der Waals surface area contributed by atoms with E-state index in [1.807, 2.05) is 0 Å². The Hall–Kier alpha value is -2.07. The summed E-state index contributed by atoms with van der Waals surface area (Å²) in [6, 6.07) is 3.57. The van der Waals surface area contributed by atoms with Crippen molar-refractivity contribution < 1.29 is 18.0 Å². The number of carbonyl (C=O) groups is 1. The van der Waals surface area contributed by atoms with Crippen LogP contribution in [0.4, 0.5) is 18.9 Å². The minimum absolute atomic E-state index is 0.138. The van der Waals surface area contributed by atoms with Crippen LogP contribution in [0.2, 0.25) is 0 Å². The molecule has 1 amide bonds. The van der Waals surface area contributed by atoms with Crippen LogP contribution in [0.15, 0.2) is 18.2 Å². The fourth-order valence-corrected chi connectivity index (χ4v) is 1.20. The molecular formula is C11H10F3N3O. The van der Waals surface area contributed by atoms with Crippen LogP contribution in [0.5, 0.6) is 0 Å². The molecule has 0 saturated heterocycles. The number of nitrogens with two attached hydrogens (primary N) is 1. The highest BCUT2D eigenvalue weighted by Gasteiger charge is 2.34. The first-order chi connectivity index (χ1) is 8.25. The second-order valence-corrected chi connectivity index (χ2v) is 3.65. The van der Waals surface area contributed by atoms with Gasteiger partial charge in [0.05, 0.1) is 28.9 Å². The summed E-state index contributed by atoms with van der Waals surface area (Å²) in [5, 5.41) is 10.6. The van der Waals surface area contributed by atoms with Gasteiger partial charge in [0.25, 0.3) is 0 Å². The Morgan fingerprint density at radius 2 is 2.11 bits per heavy atom. The van der Waals surface area contributed by atoms with Gasteiger partial charge in [-0.2, -0.15) is 18.4 Å². The topological polar surface area (TPSA) is 78.9 Å². The van der Waals surface area contributed by atoms with E-state index in [9.17, 15) is 18.0 Å². The van der Waals surface area contributed by atoms with Gasteiger partial charge in [0.1, 0.15) is 0 Å². The second-order valence-electron chi connectivity index (χ2n) is 3.65. The van der Waals surface area contributed by atoms with E-state index in [1.54, 1.807) is 6.07 Å². The van der Waals surface area contributed by atoms with Crippen molar-refractivity contribution in [3.05, 3.63) is 29.3 Å². The van der Waals surface area contributed by atoms with Gasteiger partial charge < -0.3 is 11.1 Å². The molecule has 3 N–H and O–H groups in total. The molecule has 4 nitrogen and oxygen atoms in total. The number of hydrogen-bond donors (Lipinski definition) is 2. The van der Waals surface area contributed by atoms with E-state index in [1.165, 1.54) is 13.0 Å². The predicted molar refractivity (Wildman–Crippen MR) is 58.4 cm³/mol. The van der Waals surface area contributed by atoms with E-state index in [4.69, 9.17) is 11.0 Å². The Morgan fingerprint density at radius 1 is 1.50 bits per heavy atom. The van der Waals surface area contributed by atoms with Crippen molar-refractivity contribution in [3.63, 3.8) is 0 Å². The Balaban J connectivity index is 3.20. The first-order valence-electron chi connectivity index (χ1n) is 4.93. The zero-order chi connectivity index (χ0) is 13.9. The maximum atomic E-state index is 12.7. The Morgan fingerprint density at radius 3 is 2.56 bits per heavy atom. The molecule has 7 heteroatoms. The SMILES string of the molecule is C[C@@H](N)C(=O)Nc1ccc(C#N)cc1C(F)(F)F. The number of amides is 1. The van der Waals surface area contributed by atoms with Gasteiger partial charge >= 0.3 is 6.18 Å². The molecule has 0 fully saturated rings. The molecule has 0 aliphatic heterocycles. The molecule has 0 aromatic heterocycles. The van der Waals surface area contributed by atoms with Crippen molar-refractivity contribution in [2.24, 2.45) is 5.73 Å². The average molecular weight is 257 g/mol. The van der Waals surface area contributed by atoms with Gasteiger partial charge in [-0.1, -0.05) is 0 Å². The van der Waals surface area contributed by atoms with E-state index in [0.29, 0.717) is 6.07 Å². The summed E-state index contributed by atoms with van der Waals surface area (Å²) in [6.45, 7) is 1.35. The predicted octanol–water partition coefficient (Wildman–Crippen LogP) is 1.86. The van der Waals surface area contributed by atoms with E-state index in [2.05, 4.69) is 5.32 Å². The lowest BCUT2D eigenvalue weighted by Crippen LogP contribution is -2.33. The molecule has 18 heavy (non-hydrogen) atoms. The first kappa shape index (κ1) is 14.0. The summed E-state index contributed by atoms with van der Waals surface area (Å²) in [6.07, 6.45) is -4.66. The lowest BCUT2D eigenvalue weighted by atomic mass is 10.1. The molecule has 0 spiro atoms. The molecule has 1 aromatic rings. The van der Waals surface area contributed by atoms with Crippen LogP contribution < -0.4 is 11.1 Å². The maximum absolute atomic E-state index is 12.7. The van der Waals surface area contributed by atoms with Gasteiger partial charge in [-0.3, -0.25) is 4.79 Å². The molecule has 0 saturated carbocycles. The van der Waals surface area contributed by atoms with Crippen LogP contribution >= 0.6 is 0 Å². The molecule has 96 valence electrons. The first-order valence-corrected chi connectivity index (χ1v) is 4.93. The van der Waals surface area contributed by atoms with Crippen molar-refractivity contribution in [3.8, 4) is 6.07 Å². The van der Waals surface area contributed by atoms with E-state index >= 15 is 0 Å². The summed E-state index contributed by atoms with van der Waals surface area (Å²) in [7, 11) is 0. The number of anilines is 1. The Kier molecular flexibility index (Phi) is 3.93. The third-order valence-corrected chi connectivity index (χ3v) is 2.13. The zero-order valence-corrected chi connectivity index (χ0v) is 9.38. The molecular weight excluding hydrogens is 247 g/mol. The van der Waals surface area contributed by atoms with Crippen molar-refractivity contribution in [2.75, 3.05) is 5.32 Å². The summed E-state index contributed by atoms with van der Waals surface area (Å²) >= 11 is 0. The van der Waals surface area contributed by atoms with E-state index in [-0.39, 0.29) is 5.56 Å². The average Bonchev–Trinajstić information content (AvgIpc) is 2.27. The minimum Gasteiger partial charge on any atom is -0.324 e. The number of alkyl halides is 3. The van der Waals surface area contributed by atoms with Gasteiger partial charge in [0, 0.05) is 0 Å². The van der Waals surface area contributed by atoms with Crippen LogP contribution in [-0.2, 0) is 11.0 Å². The molecule has 1 atom stereocenters. The van der Waals surface area contributed by atoms with Gasteiger partial charge in [-0.05, 0) is 25.1 Å². The Bertz CT molecular complexity index is 503. The number of rotatable bonds is 2. The fraction of sp³-hybridized carbons (Fsp3) is 0.273. The van der Waals surface area contributed by atoms with E-state index < -0.39 is 29.4 Å². The minimum atomic E-state index is -4.66. The molecule has 0 unspecified atom stereocenters. The number of carbonyl (C=O) groups excluding carboxylic acids is 1. The largest absolute Gasteiger partial charge is 0.418 e. The monoisotopic (exact) mass is 257 g/mol. The van der Waals surface area contributed by atoms with Gasteiger partial charge in [0.2, 0.25) is 5.91 Å². The quantitative estimate of drug-likeness (QED) is 0.848. The normalized spacial score (nSPS) is 12.7. The van der Waals surface area contributed by atoms with Crippen molar-refractivity contribution in [1.82, 2.24) is 0 Å². The molecule has 0 heterocycles. The number of nitriles is 1. The summed E-state index contributed by atoms with van der Waals surface area (Å²) in [5.74, 6) is -0.731. The lowest BCUT2D eigenvalue weighted by molar-refractivity contribution is -0.137. The highest BCUT2D eigenvalue weighted by Crippen LogP contribution is 2.35. The van der Waals surface area contributed by atoms with Gasteiger partial charge in [-0.15, -0.1) is 0 Å². The number of nitrogens with zero attached hydrogens (tertiary/aromatic N) is 1. The van der Waals surface area contributed by atoms with Gasteiger partial charge in [-0.25, -0.2) is 0 Å². The molecule has 0 aliphatic rings. The fourth-order valence-electron chi connectivity index (χ4n) is 1.20. The second kappa shape index (κ2) is 5.06. The maximum Gasteiger partial charge on any atom is 0.418 e. The van der Waals surface area contributed by atoms with Crippen molar-refractivity contribution in [2.45, 2.75) is 19.1 Å². The van der Waals surface area contributed by atoms with Gasteiger partial charge in [0.15, 0.2) is 0 Å². The van der Waals surface area contributed by atoms with Crippen LogP contribution in [0, 0.1) is 11.3 Å². The van der Waals surface area contributed by atoms with E-state index in [0.717, 1.165) is 6.07 Å². The zero-order valence-electron chi connectivity index (χ0n) is 9.38. The molecule has 1 rings (SSSR count). The van der Waals surface area contributed by atoms with Crippen LogP contribution in [-0.4, -0.2) is 11.9 Å². The van der Waals surface area contributed by atoms with Crippen molar-refractivity contribution >= 4 is 11.6 Å². The molecule has 0 bridgehead atoms. The number of nitrogens with one attached hydrogen (secondary N) is 1. The number of halogens is 3. The lowest BCUT2D eigenvalue weighted by Gasteiger charge is -2.15. The highest BCUT2D eigenvalue weighted by molar-refractivity contribution is 5.95. The Labute approximate surface area is 101 Å². The molecule has 1 aromatic carbocycles. The summed E-state index contributed by atoms with van der Waals surface area (Å²) < 4.78 is 38.2. The molecule has 0 radical (unpaired) electrons. The van der Waals surface area contributed by atoms with Crippen LogP contribution in [0.3, 0.4) is 0 Å². The third-order valence-electron chi connectivity index (χ3n) is 2.13. The smallest absolute Gasteiger partial charge is 0.324 e. The number of benzene rings is 1. The van der Waals surface area contributed by atoms with Crippen molar-refractivity contribution in [1.29, 1.82) is 5.26 Å².